The maximum atomic E-state index is 13.1. The summed E-state index contributed by atoms with van der Waals surface area (Å²) in [7, 11) is -8.22. The first-order valence-corrected chi connectivity index (χ1v) is 23.3. The highest BCUT2D eigenvalue weighted by Crippen LogP contribution is 2.42. The van der Waals surface area contributed by atoms with Crippen LogP contribution in [0.5, 0.6) is 5.88 Å². The smallest absolute Gasteiger partial charge is 0.328 e. The summed E-state index contributed by atoms with van der Waals surface area (Å²) >= 11 is 1.59. The number of carboxylic acids is 2. The molecule has 4 heterocycles. The highest BCUT2D eigenvalue weighted by molar-refractivity contribution is 7.95. The number of morpholine rings is 1. The van der Waals surface area contributed by atoms with Gasteiger partial charge in [0.15, 0.2) is 15.9 Å². The number of sulfone groups is 1. The van der Waals surface area contributed by atoms with Crippen LogP contribution in [-0.2, 0) is 58.0 Å². The van der Waals surface area contributed by atoms with Gasteiger partial charge in [-0.05, 0) is 60.1 Å². The predicted molar refractivity (Wildman–Crippen MR) is 217 cm³/mol. The highest BCUT2D eigenvalue weighted by atomic mass is 32.3. The van der Waals surface area contributed by atoms with E-state index in [1.165, 1.54) is 13.0 Å². The van der Waals surface area contributed by atoms with Crippen LogP contribution in [0.15, 0.2) is 26.6 Å². The summed E-state index contributed by atoms with van der Waals surface area (Å²) in [6, 6.07) is 0.900. The number of hydrogen-bond acceptors (Lipinski definition) is 20. The topological polar surface area (TPSA) is 296 Å². The van der Waals surface area contributed by atoms with Gasteiger partial charge in [-0.1, -0.05) is 6.92 Å². The Bertz CT molecular complexity index is 2040. The minimum Gasteiger partial charge on any atom is -0.478 e. The van der Waals surface area contributed by atoms with Gasteiger partial charge in [-0.15, -0.1) is 15.7 Å². The number of carbonyl (C=O) groups excluding carboxylic acids is 3. The molecule has 21 nitrogen and oxygen atoms in total. The van der Waals surface area contributed by atoms with E-state index in [-0.39, 0.29) is 58.8 Å². The average Bonchev–Trinajstić information content (AvgIpc) is 3.84. The number of hydrogen-bond donors (Lipinski definition) is 5. The van der Waals surface area contributed by atoms with Gasteiger partial charge in [-0.3, -0.25) is 14.4 Å². The van der Waals surface area contributed by atoms with Crippen LogP contribution in [0.25, 0.3) is 0 Å². The highest BCUT2D eigenvalue weighted by Gasteiger charge is 2.40. The van der Waals surface area contributed by atoms with Gasteiger partial charge in [0.05, 0.1) is 30.2 Å². The van der Waals surface area contributed by atoms with E-state index in [0.717, 1.165) is 11.7 Å². The van der Waals surface area contributed by atoms with Crippen molar-refractivity contribution in [2.45, 2.75) is 105 Å². The minimum atomic E-state index is -4.48. The second kappa shape index (κ2) is 22.5. The number of rotatable bonds is 19. The Hall–Kier alpha value is -4.27. The van der Waals surface area contributed by atoms with Gasteiger partial charge in [0.2, 0.25) is 5.82 Å². The van der Waals surface area contributed by atoms with Gasteiger partial charge in [-0.25, -0.2) is 31.1 Å². The molecule has 2 aromatic rings. The molecule has 4 rings (SSSR count). The fraction of sp³-hybridized carbons (Fsp3) is 0.629. The number of aromatic nitrogens is 2. The Balaban J connectivity index is 0.00000109. The number of fused-ring (bicyclic) bond motifs is 1. The Labute approximate surface area is 356 Å². The molecule has 0 radical (unpaired) electrons. The monoisotopic (exact) mass is 924 g/mol. The Morgan fingerprint density at radius 3 is 2.25 bits per heavy atom. The largest absolute Gasteiger partial charge is 0.478 e. The summed E-state index contributed by atoms with van der Waals surface area (Å²) < 4.78 is 84.2. The number of sulfonamides is 1. The fourth-order valence-corrected chi connectivity index (χ4v) is 11.0. The standard InChI is InChI=1S/C31H48N6O11S4.C4H4O4/c1-7-32-23-15-19(2)51(41,42)30-22(23)16-26(49-30)52(43,44)36-28(40)20(3)47-24(38)9-8-10-25(39)48-21(17-33-31(4,5)6)18-46-29-27(34-50-35-29)37-11-13-45-14-12-37;5-3(6)1-2-4(7)8/h16,19-21,23,32-33H,7-15,17-18H2,1-6H3,(H,36,40);1-2H,(H,5,6)(H,7,8)/b;2-1-/t19-,20-,21-,23-;/m0./s1. The van der Waals surface area contributed by atoms with Crippen LogP contribution in [0, 0.1) is 0 Å². The lowest BCUT2D eigenvalue weighted by molar-refractivity contribution is -0.155. The summed E-state index contributed by atoms with van der Waals surface area (Å²) in [6.07, 6.45) is -1.11. The number of nitrogens with zero attached hydrogens (tertiary/aromatic N) is 3. The predicted octanol–water partition coefficient (Wildman–Crippen LogP) is 1.65. The number of ether oxygens (including phenoxy) is 4. The van der Waals surface area contributed by atoms with Gasteiger partial charge >= 0.3 is 23.9 Å². The van der Waals surface area contributed by atoms with Crippen molar-refractivity contribution in [2.75, 3.05) is 50.9 Å². The lowest BCUT2D eigenvalue weighted by Crippen LogP contribution is -2.44. The summed E-state index contributed by atoms with van der Waals surface area (Å²) in [4.78, 5) is 59.2. The van der Waals surface area contributed by atoms with Crippen LogP contribution >= 0.6 is 23.1 Å². The van der Waals surface area contributed by atoms with Crippen LogP contribution in [0.3, 0.4) is 0 Å². The van der Waals surface area contributed by atoms with Crippen LogP contribution in [0.2, 0.25) is 0 Å². The molecule has 0 unspecified atom stereocenters. The van der Waals surface area contributed by atoms with Crippen LogP contribution in [0.1, 0.15) is 78.8 Å². The zero-order chi connectivity index (χ0) is 44.8. The molecule has 1 fully saturated rings. The Morgan fingerprint density at radius 1 is 1.05 bits per heavy atom. The molecule has 25 heteroatoms. The zero-order valence-electron chi connectivity index (χ0n) is 34.0. The minimum absolute atomic E-state index is 0.00832. The van der Waals surface area contributed by atoms with E-state index in [4.69, 9.17) is 29.2 Å². The molecule has 0 saturated carbocycles. The van der Waals surface area contributed by atoms with Gasteiger partial charge in [0.1, 0.15) is 21.1 Å². The number of esters is 2. The van der Waals surface area contributed by atoms with E-state index in [9.17, 15) is 40.8 Å². The molecule has 1 amide bonds. The molecular weight excluding hydrogens is 873 g/mol. The molecule has 0 aromatic carbocycles. The van der Waals surface area contributed by atoms with Crippen molar-refractivity contribution in [3.05, 3.63) is 23.8 Å². The number of carbonyl (C=O) groups is 5. The Kier molecular flexibility index (Phi) is 18.8. The molecule has 1 saturated heterocycles. The van der Waals surface area contributed by atoms with Gasteiger partial charge in [0.25, 0.3) is 21.8 Å². The maximum Gasteiger partial charge on any atom is 0.328 e. The van der Waals surface area contributed by atoms with E-state index in [2.05, 4.69) is 19.4 Å². The molecule has 0 aliphatic carbocycles. The van der Waals surface area contributed by atoms with Crippen molar-refractivity contribution >= 4 is 78.5 Å². The first-order valence-electron chi connectivity index (χ1n) is 18.8. The number of anilines is 1. The summed E-state index contributed by atoms with van der Waals surface area (Å²) in [5.41, 5.74) is 0.0741. The van der Waals surface area contributed by atoms with E-state index in [0.29, 0.717) is 73.6 Å². The lowest BCUT2D eigenvalue weighted by atomic mass is 10.1. The molecule has 4 atom stereocenters. The van der Waals surface area contributed by atoms with Crippen molar-refractivity contribution in [3.8, 4) is 5.88 Å². The first kappa shape index (κ1) is 50.1. The number of aliphatic carboxylic acids is 2. The molecular formula is C35H52N6O15S4. The maximum absolute atomic E-state index is 13.1. The molecule has 2 aromatic heterocycles. The Morgan fingerprint density at radius 2 is 1.67 bits per heavy atom. The second-order valence-electron chi connectivity index (χ2n) is 14.5. The molecule has 60 heavy (non-hydrogen) atoms. The van der Waals surface area contributed by atoms with Crippen LogP contribution < -0.4 is 25.0 Å². The summed E-state index contributed by atoms with van der Waals surface area (Å²) in [5.74, 6) is -4.08. The summed E-state index contributed by atoms with van der Waals surface area (Å²) in [5, 5.41) is 21.4. The van der Waals surface area contributed by atoms with Crippen molar-refractivity contribution in [1.82, 2.24) is 24.1 Å². The third kappa shape index (κ3) is 15.6. The second-order valence-corrected chi connectivity index (χ2v) is 20.6. The summed E-state index contributed by atoms with van der Waals surface area (Å²) in [6.45, 7) is 13.8. The average molecular weight is 925 g/mol. The molecule has 336 valence electrons. The number of carboxylic acid groups (broad SMARTS) is 2. The van der Waals surface area contributed by atoms with E-state index >= 15 is 0 Å². The van der Waals surface area contributed by atoms with Gasteiger partial charge in [0, 0.05) is 61.8 Å². The van der Waals surface area contributed by atoms with Crippen molar-refractivity contribution < 1.29 is 70.0 Å². The quantitative estimate of drug-likeness (QED) is 0.0988. The van der Waals surface area contributed by atoms with Crippen LogP contribution in [-0.4, -0.2) is 135 Å². The lowest BCUT2D eigenvalue weighted by Gasteiger charge is -2.27. The molecule has 0 spiro atoms. The first-order chi connectivity index (χ1) is 28.0. The van der Waals surface area contributed by atoms with Crippen molar-refractivity contribution in [1.29, 1.82) is 0 Å². The van der Waals surface area contributed by atoms with E-state index < -0.39 is 67.1 Å². The number of thiophene rings is 1. The number of amides is 1. The SMILES string of the molecule is CCN[C@H]1C[C@H](C)S(=O)(=O)c2sc(S(=O)(=O)NC(=O)[C@H](C)OC(=O)CCCC(=O)O[C@@H](CNC(C)(C)C)COc3nsnc3N3CCOCC3)cc21.O=C(O)/C=C\C(=O)O. The van der Waals surface area contributed by atoms with Gasteiger partial charge < -0.3 is 44.7 Å². The third-order valence-electron chi connectivity index (χ3n) is 8.51. The third-order valence-corrected chi connectivity index (χ3v) is 14.7. The zero-order valence-corrected chi connectivity index (χ0v) is 37.3. The fourth-order valence-electron chi connectivity index (χ4n) is 5.47. The van der Waals surface area contributed by atoms with Crippen molar-refractivity contribution in [2.24, 2.45) is 0 Å². The molecule has 5 N–H and O–H groups in total. The molecule has 0 bridgehead atoms. The van der Waals surface area contributed by atoms with E-state index in [1.807, 2.05) is 37.3 Å². The molecule has 2 aliphatic heterocycles. The van der Waals surface area contributed by atoms with Crippen LogP contribution in [0.4, 0.5) is 5.82 Å². The molecule has 2 aliphatic rings. The van der Waals surface area contributed by atoms with Crippen molar-refractivity contribution in [3.63, 3.8) is 0 Å². The van der Waals surface area contributed by atoms with E-state index in [1.54, 1.807) is 6.92 Å². The van der Waals surface area contributed by atoms with Gasteiger partial charge in [-0.2, -0.15) is 4.37 Å². The number of nitrogens with one attached hydrogen (secondary N) is 3. The normalized spacial score (nSPS) is 18.6.